The van der Waals surface area contributed by atoms with Gasteiger partial charge in [0.15, 0.2) is 0 Å². The van der Waals surface area contributed by atoms with Crippen LogP contribution in [0, 0.1) is 5.92 Å². The van der Waals surface area contributed by atoms with Gasteiger partial charge in [-0.2, -0.15) is 5.10 Å². The Kier molecular flexibility index (Phi) is 4.85. The average Bonchev–Trinajstić information content (AvgIpc) is 3.46. The summed E-state index contributed by atoms with van der Waals surface area (Å²) in [7, 11) is 0. The van der Waals surface area contributed by atoms with Crippen molar-refractivity contribution in [3.05, 3.63) is 65.8 Å². The van der Waals surface area contributed by atoms with Gasteiger partial charge in [0.25, 0.3) is 5.91 Å². The lowest BCUT2D eigenvalue weighted by molar-refractivity contribution is 0.0529. The van der Waals surface area contributed by atoms with Crippen molar-refractivity contribution in [2.45, 2.75) is 31.8 Å². The Hall–Kier alpha value is -3.00. The van der Waals surface area contributed by atoms with E-state index in [2.05, 4.69) is 31.1 Å². The highest BCUT2D eigenvalue weighted by molar-refractivity contribution is 5.93. The fourth-order valence-electron chi connectivity index (χ4n) is 4.75. The average molecular weight is 391 g/mol. The van der Waals surface area contributed by atoms with Crippen LogP contribution in [0.3, 0.4) is 0 Å². The summed E-state index contributed by atoms with van der Waals surface area (Å²) in [6.45, 7) is 3.42. The molecule has 1 atom stereocenters. The van der Waals surface area contributed by atoms with Crippen LogP contribution < -0.4 is 0 Å². The quantitative estimate of drug-likeness (QED) is 0.711. The first-order chi connectivity index (χ1) is 14.3. The van der Waals surface area contributed by atoms with Crippen LogP contribution in [0.1, 0.15) is 46.2 Å². The minimum absolute atomic E-state index is 0.0634. The highest BCUT2D eigenvalue weighted by Crippen LogP contribution is 2.39. The molecular formula is C21H25N7O. The number of rotatable bonds is 4. The number of hydrogen-bond donors (Lipinski definition) is 2. The zero-order valence-corrected chi connectivity index (χ0v) is 16.3. The summed E-state index contributed by atoms with van der Waals surface area (Å²) in [5.41, 5.74) is 4.30. The zero-order valence-electron chi connectivity index (χ0n) is 16.3. The highest BCUT2D eigenvalue weighted by atomic mass is 16.2. The molecule has 0 bridgehead atoms. The lowest BCUT2D eigenvalue weighted by atomic mass is 9.83. The second kappa shape index (κ2) is 7.79. The number of amides is 1. The molecule has 0 aliphatic carbocycles. The molecule has 0 spiro atoms. The number of H-pyrrole nitrogens is 2. The fourth-order valence-corrected chi connectivity index (χ4v) is 4.75. The van der Waals surface area contributed by atoms with Gasteiger partial charge in [0.2, 0.25) is 0 Å². The predicted molar refractivity (Wildman–Crippen MR) is 107 cm³/mol. The number of aromatic amines is 2. The van der Waals surface area contributed by atoms with Gasteiger partial charge in [-0.15, -0.1) is 0 Å². The normalized spacial score (nSPS) is 20.6. The maximum absolute atomic E-state index is 12.6. The third-order valence-electron chi connectivity index (χ3n) is 6.20. The topological polar surface area (TPSA) is 93.8 Å². The molecule has 2 aliphatic rings. The summed E-state index contributed by atoms with van der Waals surface area (Å²) in [6.07, 6.45) is 11.8. The van der Waals surface area contributed by atoms with Crippen LogP contribution in [0.5, 0.6) is 0 Å². The van der Waals surface area contributed by atoms with Gasteiger partial charge in [0.1, 0.15) is 0 Å². The van der Waals surface area contributed by atoms with Crippen molar-refractivity contribution in [2.75, 3.05) is 19.6 Å². The van der Waals surface area contributed by atoms with E-state index in [1.807, 2.05) is 29.7 Å². The Morgan fingerprint density at radius 2 is 2.10 bits per heavy atom. The van der Waals surface area contributed by atoms with E-state index in [-0.39, 0.29) is 11.9 Å². The molecule has 8 heteroatoms. The molecule has 2 aliphatic heterocycles. The molecular weight excluding hydrogens is 366 g/mol. The van der Waals surface area contributed by atoms with E-state index in [1.165, 1.54) is 17.0 Å². The van der Waals surface area contributed by atoms with Crippen molar-refractivity contribution in [3.63, 3.8) is 0 Å². The number of imidazole rings is 1. The molecule has 0 saturated carbocycles. The number of piperidine rings is 1. The standard InChI is InChI=1S/C21H25N7O/c29-21(17-11-25-26-12-17)27-7-3-16(4-8-27)20-19-18(23-14-24-19)5-9-28(20)13-15-2-1-6-22-10-15/h1-2,6,10-12,14,16,20H,3-5,7-9,13H2,(H,23,24)(H,25,26). The number of nitrogens with one attached hydrogen (secondary N) is 2. The van der Waals surface area contributed by atoms with Gasteiger partial charge in [-0.25, -0.2) is 4.98 Å². The van der Waals surface area contributed by atoms with E-state index in [0.29, 0.717) is 11.5 Å². The first-order valence-electron chi connectivity index (χ1n) is 10.2. The molecule has 3 aromatic heterocycles. The molecule has 1 amide bonds. The number of carbonyl (C=O) groups is 1. The van der Waals surface area contributed by atoms with Crippen molar-refractivity contribution in [1.82, 2.24) is 34.9 Å². The second-order valence-corrected chi connectivity index (χ2v) is 7.91. The van der Waals surface area contributed by atoms with Crippen molar-refractivity contribution in [2.24, 2.45) is 5.92 Å². The van der Waals surface area contributed by atoms with Gasteiger partial charge < -0.3 is 9.88 Å². The van der Waals surface area contributed by atoms with Crippen LogP contribution >= 0.6 is 0 Å². The van der Waals surface area contributed by atoms with E-state index in [9.17, 15) is 4.79 Å². The zero-order chi connectivity index (χ0) is 19.6. The smallest absolute Gasteiger partial charge is 0.257 e. The Labute approximate surface area is 169 Å². The summed E-state index contributed by atoms with van der Waals surface area (Å²) in [5, 5.41) is 6.63. The van der Waals surface area contributed by atoms with E-state index in [4.69, 9.17) is 4.98 Å². The van der Waals surface area contributed by atoms with Crippen LogP contribution in [-0.2, 0) is 13.0 Å². The minimum Gasteiger partial charge on any atom is -0.348 e. The molecule has 0 radical (unpaired) electrons. The van der Waals surface area contributed by atoms with Crippen molar-refractivity contribution >= 4 is 5.91 Å². The second-order valence-electron chi connectivity index (χ2n) is 7.91. The Morgan fingerprint density at radius 1 is 1.21 bits per heavy atom. The van der Waals surface area contributed by atoms with Crippen LogP contribution in [-0.4, -0.2) is 60.5 Å². The van der Waals surface area contributed by atoms with Gasteiger partial charge >= 0.3 is 0 Å². The lowest BCUT2D eigenvalue weighted by Crippen LogP contribution is -2.45. The van der Waals surface area contributed by atoms with E-state index >= 15 is 0 Å². The van der Waals surface area contributed by atoms with Gasteiger partial charge in [-0.1, -0.05) is 6.07 Å². The summed E-state index contributed by atoms with van der Waals surface area (Å²) in [6, 6.07) is 4.40. The molecule has 5 heterocycles. The first-order valence-corrected chi connectivity index (χ1v) is 10.2. The number of fused-ring (bicyclic) bond motifs is 1. The van der Waals surface area contributed by atoms with Crippen molar-refractivity contribution < 1.29 is 4.79 Å². The Bertz CT molecular complexity index is 945. The number of hydrogen-bond acceptors (Lipinski definition) is 5. The van der Waals surface area contributed by atoms with Gasteiger partial charge in [-0.3, -0.25) is 19.8 Å². The van der Waals surface area contributed by atoms with Crippen molar-refractivity contribution in [3.8, 4) is 0 Å². The minimum atomic E-state index is 0.0634. The van der Waals surface area contributed by atoms with Crippen LogP contribution in [0.4, 0.5) is 0 Å². The summed E-state index contributed by atoms with van der Waals surface area (Å²) in [4.78, 5) is 29.4. The van der Waals surface area contributed by atoms with E-state index < -0.39 is 0 Å². The number of pyridine rings is 1. The maximum atomic E-state index is 12.6. The van der Waals surface area contributed by atoms with Crippen LogP contribution in [0.15, 0.2) is 43.2 Å². The maximum Gasteiger partial charge on any atom is 0.257 e. The van der Waals surface area contributed by atoms with Gasteiger partial charge in [0, 0.05) is 56.9 Å². The summed E-state index contributed by atoms with van der Waals surface area (Å²) in [5.74, 6) is 0.538. The SMILES string of the molecule is O=C(c1cn[nH]c1)N1CCC(C2c3nc[nH]c3CCN2Cc2cccnc2)CC1. The van der Waals surface area contributed by atoms with Gasteiger partial charge in [0.05, 0.1) is 29.8 Å². The number of nitrogens with zero attached hydrogens (tertiary/aromatic N) is 5. The van der Waals surface area contributed by atoms with Crippen LogP contribution in [0.2, 0.25) is 0 Å². The van der Waals surface area contributed by atoms with Crippen molar-refractivity contribution in [1.29, 1.82) is 0 Å². The first kappa shape index (κ1) is 18.1. The molecule has 3 aromatic rings. The molecule has 1 fully saturated rings. The molecule has 5 rings (SSSR count). The predicted octanol–water partition coefficient (Wildman–Crippen LogP) is 2.18. The monoisotopic (exact) mass is 391 g/mol. The molecule has 8 nitrogen and oxygen atoms in total. The molecule has 0 aromatic carbocycles. The fraction of sp³-hybridized carbons (Fsp3) is 0.429. The van der Waals surface area contributed by atoms with E-state index in [0.717, 1.165) is 45.4 Å². The molecule has 150 valence electrons. The Morgan fingerprint density at radius 3 is 2.86 bits per heavy atom. The molecule has 1 unspecified atom stereocenters. The number of aromatic nitrogens is 5. The molecule has 2 N–H and O–H groups in total. The lowest BCUT2D eigenvalue weighted by Gasteiger charge is -2.43. The number of carbonyl (C=O) groups excluding carboxylic acids is 1. The third-order valence-corrected chi connectivity index (χ3v) is 6.20. The van der Waals surface area contributed by atoms with E-state index in [1.54, 1.807) is 12.4 Å². The van der Waals surface area contributed by atoms with Gasteiger partial charge in [-0.05, 0) is 30.4 Å². The molecule has 1 saturated heterocycles. The Balaban J connectivity index is 1.33. The summed E-state index contributed by atoms with van der Waals surface area (Å²) < 4.78 is 0. The summed E-state index contributed by atoms with van der Waals surface area (Å²) >= 11 is 0. The third kappa shape index (κ3) is 3.55. The molecule has 29 heavy (non-hydrogen) atoms. The number of likely N-dealkylation sites (tertiary alicyclic amines) is 1. The highest BCUT2D eigenvalue weighted by Gasteiger charge is 2.38. The largest absolute Gasteiger partial charge is 0.348 e. The van der Waals surface area contributed by atoms with Crippen LogP contribution in [0.25, 0.3) is 0 Å².